The topological polar surface area (TPSA) is 3.24 Å². The Morgan fingerprint density at radius 1 is 1.23 bits per heavy atom. The van der Waals surface area contributed by atoms with Crippen molar-refractivity contribution in [1.29, 1.82) is 0 Å². The summed E-state index contributed by atoms with van der Waals surface area (Å²) in [5, 5.41) is 0. The molecule has 1 heteroatoms. The van der Waals surface area contributed by atoms with Crippen molar-refractivity contribution in [2.75, 3.05) is 6.54 Å². The molecule has 0 amide bonds. The maximum Gasteiger partial charge on any atom is 0.0150 e. The van der Waals surface area contributed by atoms with Crippen LogP contribution in [0.5, 0.6) is 0 Å². The largest absolute Gasteiger partial charge is 0.297 e. The van der Waals surface area contributed by atoms with E-state index in [4.69, 9.17) is 0 Å². The van der Waals surface area contributed by atoms with E-state index in [0.717, 1.165) is 12.0 Å². The lowest BCUT2D eigenvalue weighted by atomic mass is 9.83. The van der Waals surface area contributed by atoms with Gasteiger partial charge in [0.2, 0.25) is 0 Å². The van der Waals surface area contributed by atoms with Crippen molar-refractivity contribution < 1.29 is 0 Å². The molecule has 1 nitrogen and oxygen atoms in total. The molecule has 0 spiro atoms. The molecule has 1 fully saturated rings. The first-order valence-electron chi connectivity index (χ1n) is 5.58. The van der Waals surface area contributed by atoms with Crippen molar-refractivity contribution in [3.8, 4) is 0 Å². The molecule has 1 unspecified atom stereocenters. The highest BCUT2D eigenvalue weighted by molar-refractivity contribution is 4.92. The summed E-state index contributed by atoms with van der Waals surface area (Å²) >= 11 is 0. The van der Waals surface area contributed by atoms with Crippen LogP contribution in [0.3, 0.4) is 0 Å². The van der Waals surface area contributed by atoms with E-state index in [1.54, 1.807) is 0 Å². The minimum atomic E-state index is 0.440. The third-order valence-electron chi connectivity index (χ3n) is 3.21. The van der Waals surface area contributed by atoms with E-state index in [2.05, 4.69) is 46.4 Å². The van der Waals surface area contributed by atoms with E-state index in [9.17, 15) is 0 Å². The number of hydrogen-bond donors (Lipinski definition) is 0. The smallest absolute Gasteiger partial charge is 0.0150 e. The highest BCUT2D eigenvalue weighted by Gasteiger charge is 2.38. The fraction of sp³-hybridized carbons (Fsp3) is 1.00. The Balaban J connectivity index is 2.72. The lowest BCUT2D eigenvalue weighted by Crippen LogP contribution is -2.43. The fourth-order valence-corrected chi connectivity index (χ4v) is 2.50. The van der Waals surface area contributed by atoms with Gasteiger partial charge in [0, 0.05) is 18.6 Å². The van der Waals surface area contributed by atoms with E-state index >= 15 is 0 Å². The molecule has 1 aliphatic rings. The van der Waals surface area contributed by atoms with Crippen LogP contribution >= 0.6 is 0 Å². The highest BCUT2D eigenvalue weighted by Crippen LogP contribution is 2.36. The summed E-state index contributed by atoms with van der Waals surface area (Å²) in [5.41, 5.74) is 0.440. The number of rotatable bonds is 1. The first-order chi connectivity index (χ1) is 5.82. The second-order valence-electron chi connectivity index (χ2n) is 6.01. The minimum absolute atomic E-state index is 0.440. The third-order valence-corrected chi connectivity index (χ3v) is 3.21. The van der Waals surface area contributed by atoms with Gasteiger partial charge in [-0.05, 0) is 31.6 Å². The first-order valence-corrected chi connectivity index (χ1v) is 5.58. The summed E-state index contributed by atoms with van der Waals surface area (Å²) in [5.74, 6) is 0.881. The summed E-state index contributed by atoms with van der Waals surface area (Å²) < 4.78 is 0. The van der Waals surface area contributed by atoms with E-state index in [-0.39, 0.29) is 0 Å². The predicted molar refractivity (Wildman–Crippen MR) is 58.9 cm³/mol. The normalized spacial score (nSPS) is 31.6. The van der Waals surface area contributed by atoms with E-state index in [0.29, 0.717) is 11.5 Å². The average molecular weight is 183 g/mol. The standard InChI is InChI=1S/C12H25N/c1-9(2)13-8-10(3)7-11(13)12(4,5)6/h9-11H,7-8H2,1-6H3/t10-,11?/m1/s1. The van der Waals surface area contributed by atoms with Crippen molar-refractivity contribution in [3.63, 3.8) is 0 Å². The Hall–Kier alpha value is -0.0400. The van der Waals surface area contributed by atoms with Gasteiger partial charge in [0.1, 0.15) is 0 Å². The molecule has 0 saturated carbocycles. The molecule has 0 N–H and O–H groups in total. The van der Waals surface area contributed by atoms with E-state index in [1.807, 2.05) is 0 Å². The summed E-state index contributed by atoms with van der Waals surface area (Å²) in [4.78, 5) is 2.67. The van der Waals surface area contributed by atoms with E-state index < -0.39 is 0 Å². The average Bonchev–Trinajstić information content (AvgIpc) is 2.29. The maximum atomic E-state index is 2.67. The van der Waals surface area contributed by atoms with Crippen LogP contribution in [0.25, 0.3) is 0 Å². The van der Waals surface area contributed by atoms with Gasteiger partial charge in [0.25, 0.3) is 0 Å². The van der Waals surface area contributed by atoms with Gasteiger partial charge in [-0.25, -0.2) is 0 Å². The van der Waals surface area contributed by atoms with E-state index in [1.165, 1.54) is 13.0 Å². The molecule has 1 saturated heterocycles. The van der Waals surface area contributed by atoms with Gasteiger partial charge in [-0.15, -0.1) is 0 Å². The van der Waals surface area contributed by atoms with Crippen molar-refractivity contribution in [3.05, 3.63) is 0 Å². The van der Waals surface area contributed by atoms with Crippen LogP contribution in [0.15, 0.2) is 0 Å². The van der Waals surface area contributed by atoms with Crippen LogP contribution in [0.2, 0.25) is 0 Å². The van der Waals surface area contributed by atoms with Crippen LogP contribution in [-0.2, 0) is 0 Å². The predicted octanol–water partition coefficient (Wildman–Crippen LogP) is 3.15. The Bertz CT molecular complexity index is 166. The molecule has 2 atom stereocenters. The van der Waals surface area contributed by atoms with Crippen molar-refractivity contribution in [2.45, 2.75) is 60.0 Å². The minimum Gasteiger partial charge on any atom is -0.297 e. The summed E-state index contributed by atoms with van der Waals surface area (Å²) in [6.07, 6.45) is 1.38. The van der Waals surface area contributed by atoms with Crippen LogP contribution in [0.1, 0.15) is 48.0 Å². The van der Waals surface area contributed by atoms with Gasteiger partial charge in [-0.2, -0.15) is 0 Å². The second kappa shape index (κ2) is 3.61. The zero-order valence-corrected chi connectivity index (χ0v) is 10.1. The quantitative estimate of drug-likeness (QED) is 0.603. The van der Waals surface area contributed by atoms with Crippen LogP contribution in [0, 0.1) is 11.3 Å². The molecule has 13 heavy (non-hydrogen) atoms. The van der Waals surface area contributed by atoms with Gasteiger partial charge < -0.3 is 0 Å². The van der Waals surface area contributed by atoms with Crippen molar-refractivity contribution in [2.24, 2.45) is 11.3 Å². The maximum absolute atomic E-state index is 2.67. The lowest BCUT2D eigenvalue weighted by Gasteiger charge is -2.37. The molecule has 0 aliphatic carbocycles. The van der Waals surface area contributed by atoms with Gasteiger partial charge >= 0.3 is 0 Å². The molecule has 0 aromatic heterocycles. The van der Waals surface area contributed by atoms with Gasteiger partial charge in [0.05, 0.1) is 0 Å². The molecule has 1 aliphatic heterocycles. The Morgan fingerprint density at radius 2 is 1.77 bits per heavy atom. The van der Waals surface area contributed by atoms with Crippen molar-refractivity contribution >= 4 is 0 Å². The number of nitrogens with zero attached hydrogens (tertiary/aromatic N) is 1. The van der Waals surface area contributed by atoms with Gasteiger partial charge in [-0.1, -0.05) is 27.7 Å². The Kier molecular flexibility index (Phi) is 3.06. The molecule has 1 rings (SSSR count). The zero-order valence-electron chi connectivity index (χ0n) is 10.1. The molecule has 0 bridgehead atoms. The Morgan fingerprint density at radius 3 is 2.08 bits per heavy atom. The summed E-state index contributed by atoms with van der Waals surface area (Å²) in [6.45, 7) is 15.4. The molecular weight excluding hydrogens is 158 g/mol. The third kappa shape index (κ3) is 2.46. The molecule has 1 heterocycles. The fourth-order valence-electron chi connectivity index (χ4n) is 2.50. The zero-order chi connectivity index (χ0) is 10.2. The first kappa shape index (κ1) is 11.0. The molecule has 78 valence electrons. The van der Waals surface area contributed by atoms with Crippen molar-refractivity contribution in [1.82, 2.24) is 4.90 Å². The SMILES string of the molecule is CC(C)N1C[C@H](C)CC1C(C)(C)C. The molecule has 0 radical (unpaired) electrons. The molecular formula is C12H25N. The highest BCUT2D eigenvalue weighted by atomic mass is 15.2. The number of hydrogen-bond acceptors (Lipinski definition) is 1. The number of likely N-dealkylation sites (tertiary alicyclic amines) is 1. The summed E-state index contributed by atoms with van der Waals surface area (Å²) in [7, 11) is 0. The lowest BCUT2D eigenvalue weighted by molar-refractivity contribution is 0.111. The van der Waals surface area contributed by atoms with Crippen LogP contribution in [-0.4, -0.2) is 23.5 Å². The molecule has 0 aromatic rings. The van der Waals surface area contributed by atoms with Gasteiger partial charge in [-0.3, -0.25) is 4.90 Å². The van der Waals surface area contributed by atoms with Crippen LogP contribution in [0.4, 0.5) is 0 Å². The molecule has 0 aromatic carbocycles. The second-order valence-corrected chi connectivity index (χ2v) is 6.01. The van der Waals surface area contributed by atoms with Crippen LogP contribution < -0.4 is 0 Å². The summed E-state index contributed by atoms with van der Waals surface area (Å²) in [6, 6.07) is 1.48. The monoisotopic (exact) mass is 183 g/mol. The van der Waals surface area contributed by atoms with Gasteiger partial charge in [0.15, 0.2) is 0 Å². The Labute approximate surface area is 83.5 Å².